The predicted molar refractivity (Wildman–Crippen MR) is 79.0 cm³/mol. The molecule has 0 spiro atoms. The molecule has 1 aliphatic heterocycles. The largest absolute Gasteiger partial charge is 0.340 e. The minimum atomic E-state index is 0.280. The molecule has 1 aromatic heterocycles. The van der Waals surface area contributed by atoms with E-state index in [0.29, 0.717) is 13.0 Å². The van der Waals surface area contributed by atoms with Gasteiger partial charge in [-0.15, -0.1) is 0 Å². The van der Waals surface area contributed by atoms with E-state index in [1.165, 1.54) is 5.56 Å². The number of aromatic nitrogens is 1. The van der Waals surface area contributed by atoms with Gasteiger partial charge in [-0.1, -0.05) is 0 Å². The van der Waals surface area contributed by atoms with Gasteiger partial charge in [-0.25, -0.2) is 0 Å². The molecule has 2 heterocycles. The first kappa shape index (κ1) is 14.9. The zero-order valence-electron chi connectivity index (χ0n) is 12.0. The van der Waals surface area contributed by atoms with Crippen molar-refractivity contribution in [3.8, 4) is 0 Å². The summed E-state index contributed by atoms with van der Waals surface area (Å²) >= 11 is 0. The van der Waals surface area contributed by atoms with Crippen molar-refractivity contribution in [1.29, 1.82) is 0 Å². The summed E-state index contributed by atoms with van der Waals surface area (Å²) in [4.78, 5) is 20.4. The third kappa shape index (κ3) is 4.58. The highest BCUT2D eigenvalue weighted by atomic mass is 16.2. The highest BCUT2D eigenvalue weighted by Crippen LogP contribution is 2.09. The molecule has 1 amide bonds. The van der Waals surface area contributed by atoms with E-state index in [1.54, 1.807) is 0 Å². The smallest absolute Gasteiger partial charge is 0.222 e. The van der Waals surface area contributed by atoms with Crippen LogP contribution in [0.2, 0.25) is 0 Å². The van der Waals surface area contributed by atoms with E-state index >= 15 is 0 Å². The summed E-state index contributed by atoms with van der Waals surface area (Å²) in [6.07, 6.45) is 6.14. The Bertz CT molecular complexity index is 402. The molecule has 0 aliphatic carbocycles. The molecule has 1 fully saturated rings. The van der Waals surface area contributed by atoms with E-state index in [1.807, 2.05) is 29.4 Å². The highest BCUT2D eigenvalue weighted by Gasteiger charge is 2.20. The third-order valence-corrected chi connectivity index (χ3v) is 3.73. The maximum atomic E-state index is 12.0. The molecule has 0 unspecified atom stereocenters. The molecule has 2 rings (SSSR count). The SMILES string of the molecule is NCCCCC(=O)N1CCN(Cc2ccncc2)CC1. The molecular weight excluding hydrogens is 252 g/mol. The lowest BCUT2D eigenvalue weighted by molar-refractivity contribution is -0.133. The Hall–Kier alpha value is -1.46. The monoisotopic (exact) mass is 276 g/mol. The second kappa shape index (κ2) is 7.97. The van der Waals surface area contributed by atoms with Crippen molar-refractivity contribution >= 4 is 5.91 Å². The fraction of sp³-hybridized carbons (Fsp3) is 0.600. The molecule has 0 aromatic carbocycles. The molecule has 0 saturated carbocycles. The Morgan fingerprint density at radius 1 is 1.15 bits per heavy atom. The van der Waals surface area contributed by atoms with Gasteiger partial charge in [-0.05, 0) is 37.1 Å². The van der Waals surface area contributed by atoms with Crippen LogP contribution in [0.1, 0.15) is 24.8 Å². The molecule has 5 heteroatoms. The number of carbonyl (C=O) groups excluding carboxylic acids is 1. The van der Waals surface area contributed by atoms with Crippen LogP contribution < -0.4 is 5.73 Å². The quantitative estimate of drug-likeness (QED) is 0.783. The summed E-state index contributed by atoms with van der Waals surface area (Å²) < 4.78 is 0. The molecule has 0 radical (unpaired) electrons. The van der Waals surface area contributed by atoms with Crippen LogP contribution in [0.25, 0.3) is 0 Å². The Morgan fingerprint density at radius 2 is 1.85 bits per heavy atom. The fourth-order valence-corrected chi connectivity index (χ4v) is 2.48. The van der Waals surface area contributed by atoms with E-state index < -0.39 is 0 Å². The molecule has 1 aromatic rings. The van der Waals surface area contributed by atoms with Crippen LogP contribution in [-0.4, -0.2) is 53.4 Å². The topological polar surface area (TPSA) is 62.5 Å². The Morgan fingerprint density at radius 3 is 2.50 bits per heavy atom. The zero-order chi connectivity index (χ0) is 14.2. The van der Waals surface area contributed by atoms with Crippen molar-refractivity contribution in [3.63, 3.8) is 0 Å². The number of piperazine rings is 1. The van der Waals surface area contributed by atoms with Crippen LogP contribution in [0.3, 0.4) is 0 Å². The van der Waals surface area contributed by atoms with Crippen LogP contribution in [-0.2, 0) is 11.3 Å². The van der Waals surface area contributed by atoms with E-state index in [-0.39, 0.29) is 5.91 Å². The number of hydrogen-bond acceptors (Lipinski definition) is 4. The standard InChI is InChI=1S/C15H24N4O/c16-6-2-1-3-15(20)19-11-9-18(10-12-19)13-14-4-7-17-8-5-14/h4-5,7-8H,1-3,6,9-13,16H2. The van der Waals surface area contributed by atoms with Gasteiger partial charge in [0, 0.05) is 51.5 Å². The number of pyridine rings is 1. The molecule has 1 aliphatic rings. The zero-order valence-corrected chi connectivity index (χ0v) is 12.0. The van der Waals surface area contributed by atoms with Crippen molar-refractivity contribution < 1.29 is 4.79 Å². The first-order chi connectivity index (χ1) is 9.79. The van der Waals surface area contributed by atoms with E-state index in [2.05, 4.69) is 9.88 Å². The first-order valence-electron chi connectivity index (χ1n) is 7.38. The number of rotatable bonds is 6. The number of hydrogen-bond donors (Lipinski definition) is 1. The Kier molecular flexibility index (Phi) is 5.95. The van der Waals surface area contributed by atoms with Gasteiger partial charge in [-0.3, -0.25) is 14.7 Å². The molecule has 0 bridgehead atoms. The maximum absolute atomic E-state index is 12.0. The van der Waals surface area contributed by atoms with Gasteiger partial charge in [0.15, 0.2) is 0 Å². The average molecular weight is 276 g/mol. The van der Waals surface area contributed by atoms with Crippen LogP contribution in [0.4, 0.5) is 0 Å². The van der Waals surface area contributed by atoms with E-state index in [0.717, 1.165) is 45.6 Å². The van der Waals surface area contributed by atoms with Crippen molar-refractivity contribution in [2.45, 2.75) is 25.8 Å². The second-order valence-electron chi connectivity index (χ2n) is 5.26. The molecule has 0 atom stereocenters. The Labute approximate surface area is 120 Å². The lowest BCUT2D eigenvalue weighted by Gasteiger charge is -2.34. The normalized spacial score (nSPS) is 16.4. The molecule has 2 N–H and O–H groups in total. The van der Waals surface area contributed by atoms with Crippen LogP contribution >= 0.6 is 0 Å². The summed E-state index contributed by atoms with van der Waals surface area (Å²) in [6.45, 7) is 5.19. The average Bonchev–Trinajstić information content (AvgIpc) is 2.49. The van der Waals surface area contributed by atoms with Crippen molar-refractivity contribution in [1.82, 2.24) is 14.8 Å². The van der Waals surface area contributed by atoms with Crippen LogP contribution in [0, 0.1) is 0 Å². The molecule has 5 nitrogen and oxygen atoms in total. The third-order valence-electron chi connectivity index (χ3n) is 3.73. The van der Waals surface area contributed by atoms with Gasteiger partial charge < -0.3 is 10.6 Å². The molecule has 1 saturated heterocycles. The van der Waals surface area contributed by atoms with Gasteiger partial charge in [0.25, 0.3) is 0 Å². The summed E-state index contributed by atoms with van der Waals surface area (Å²) in [5.41, 5.74) is 6.73. The summed E-state index contributed by atoms with van der Waals surface area (Å²) in [7, 11) is 0. The maximum Gasteiger partial charge on any atom is 0.222 e. The predicted octanol–water partition coefficient (Wildman–Crippen LogP) is 0.855. The molecular formula is C15H24N4O. The lowest BCUT2D eigenvalue weighted by Crippen LogP contribution is -2.48. The summed E-state index contributed by atoms with van der Waals surface area (Å²) in [5.74, 6) is 0.280. The van der Waals surface area contributed by atoms with Gasteiger partial charge >= 0.3 is 0 Å². The van der Waals surface area contributed by atoms with Crippen LogP contribution in [0.5, 0.6) is 0 Å². The lowest BCUT2D eigenvalue weighted by atomic mass is 10.2. The Balaban J connectivity index is 1.71. The van der Waals surface area contributed by atoms with Gasteiger partial charge in [0.2, 0.25) is 5.91 Å². The number of carbonyl (C=O) groups is 1. The highest BCUT2D eigenvalue weighted by molar-refractivity contribution is 5.76. The van der Waals surface area contributed by atoms with Crippen LogP contribution in [0.15, 0.2) is 24.5 Å². The molecule has 20 heavy (non-hydrogen) atoms. The number of nitrogens with two attached hydrogens (primary N) is 1. The minimum Gasteiger partial charge on any atom is -0.340 e. The van der Waals surface area contributed by atoms with Crippen molar-refractivity contribution in [2.24, 2.45) is 5.73 Å². The summed E-state index contributed by atoms with van der Waals surface area (Å²) in [5, 5.41) is 0. The van der Waals surface area contributed by atoms with Gasteiger partial charge in [0.05, 0.1) is 0 Å². The van der Waals surface area contributed by atoms with Crippen molar-refractivity contribution in [2.75, 3.05) is 32.7 Å². The van der Waals surface area contributed by atoms with Gasteiger partial charge in [0.1, 0.15) is 0 Å². The summed E-state index contributed by atoms with van der Waals surface area (Å²) in [6, 6.07) is 4.09. The van der Waals surface area contributed by atoms with Crippen molar-refractivity contribution in [3.05, 3.63) is 30.1 Å². The number of nitrogens with zero attached hydrogens (tertiary/aromatic N) is 3. The second-order valence-corrected chi connectivity index (χ2v) is 5.26. The van der Waals surface area contributed by atoms with E-state index in [4.69, 9.17) is 5.73 Å². The molecule has 110 valence electrons. The first-order valence-corrected chi connectivity index (χ1v) is 7.38. The van der Waals surface area contributed by atoms with Gasteiger partial charge in [-0.2, -0.15) is 0 Å². The minimum absolute atomic E-state index is 0.280. The number of amides is 1. The van der Waals surface area contributed by atoms with E-state index in [9.17, 15) is 4.79 Å². The fourth-order valence-electron chi connectivity index (χ4n) is 2.48. The number of unbranched alkanes of at least 4 members (excludes halogenated alkanes) is 1.